The molecule has 0 aliphatic rings. The van der Waals surface area contributed by atoms with E-state index in [1.54, 1.807) is 0 Å². The van der Waals surface area contributed by atoms with Crippen molar-refractivity contribution in [3.05, 3.63) is 70.9 Å². The maximum atomic E-state index is 12.4. The van der Waals surface area contributed by atoms with Gasteiger partial charge < -0.3 is 26.8 Å². The fourth-order valence-corrected chi connectivity index (χ4v) is 7.49. The van der Waals surface area contributed by atoms with Crippen LogP contribution in [0.5, 0.6) is 5.75 Å². The zero-order chi connectivity index (χ0) is 42.4. The summed E-state index contributed by atoms with van der Waals surface area (Å²) in [6.45, 7) is 3.29. The Morgan fingerprint density at radius 1 is 0.737 bits per heavy atom. The average molecular weight is 951 g/mol. The van der Waals surface area contributed by atoms with Gasteiger partial charge in [-0.2, -0.15) is 48.6 Å². The summed E-state index contributed by atoms with van der Waals surface area (Å²) in [4.78, 5) is 20.0. The molecule has 0 aliphatic carbocycles. The summed E-state index contributed by atoms with van der Waals surface area (Å²) in [6, 6.07) is 8.34. The SMILES string of the molecule is C=C(Br)C(=O)Nc1cc(S(=O)(=O)O)c(Nc2nc(Cl)nc(Nc3ccc(/N=N/c4c(N)ccc5cc(S(=O)(=O)O)cc(O)c45)c(S(=O)(=O)O)c3)n2)cc1S(=O)(=O)O. The molecule has 29 heteroatoms. The molecule has 0 saturated carbocycles. The second-order valence-electron chi connectivity index (χ2n) is 11.0. The van der Waals surface area contributed by atoms with Gasteiger partial charge in [-0.05, 0) is 75.4 Å². The lowest BCUT2D eigenvalue weighted by molar-refractivity contribution is -0.112. The Hall–Kier alpha value is -5.43. The number of benzene rings is 4. The second-order valence-corrected chi connectivity index (χ2v) is 17.9. The van der Waals surface area contributed by atoms with E-state index < -0.39 is 106 Å². The van der Waals surface area contributed by atoms with E-state index in [0.29, 0.717) is 12.1 Å². The number of amides is 1. The van der Waals surface area contributed by atoms with Gasteiger partial charge in [-0.1, -0.05) is 12.6 Å². The lowest BCUT2D eigenvalue weighted by atomic mass is 10.1. The van der Waals surface area contributed by atoms with E-state index in [1.807, 2.05) is 5.32 Å². The number of phenols is 1. The molecule has 10 N–H and O–H groups in total. The summed E-state index contributed by atoms with van der Waals surface area (Å²) in [7, 11) is -20.2. The van der Waals surface area contributed by atoms with Crippen molar-refractivity contribution in [3.8, 4) is 5.75 Å². The third-order valence-electron chi connectivity index (χ3n) is 7.11. The molecule has 300 valence electrons. The Kier molecular flexibility index (Phi) is 11.6. The molecule has 1 heterocycles. The molecule has 0 bridgehead atoms. The quantitative estimate of drug-likeness (QED) is 0.0354. The molecule has 1 amide bonds. The van der Waals surface area contributed by atoms with Crippen LogP contribution in [0.25, 0.3) is 10.8 Å². The van der Waals surface area contributed by atoms with E-state index in [0.717, 1.165) is 24.3 Å². The first kappa shape index (κ1) is 42.7. The first-order valence-corrected chi connectivity index (χ1v) is 21.5. The van der Waals surface area contributed by atoms with Crippen LogP contribution in [0, 0.1) is 0 Å². The van der Waals surface area contributed by atoms with E-state index in [2.05, 4.69) is 58.3 Å². The van der Waals surface area contributed by atoms with Crippen LogP contribution in [-0.4, -0.2) is 77.8 Å². The van der Waals surface area contributed by atoms with Gasteiger partial charge in [0.1, 0.15) is 31.8 Å². The summed E-state index contributed by atoms with van der Waals surface area (Å²) in [6.07, 6.45) is 0. The monoisotopic (exact) mass is 949 g/mol. The number of nitrogens with one attached hydrogen (secondary N) is 3. The number of carbonyl (C=O) groups excluding carboxylic acids is 1. The van der Waals surface area contributed by atoms with Gasteiger partial charge in [0, 0.05) is 11.8 Å². The minimum absolute atomic E-state index is 0.0423. The maximum Gasteiger partial charge on any atom is 0.296 e. The number of nitrogens with zero attached hydrogens (tertiary/aromatic N) is 5. The number of halogens is 2. The van der Waals surface area contributed by atoms with Crippen LogP contribution in [0.3, 0.4) is 0 Å². The van der Waals surface area contributed by atoms with Crippen LogP contribution in [0.15, 0.2) is 95.5 Å². The average Bonchev–Trinajstić information content (AvgIpc) is 3.06. The predicted molar refractivity (Wildman–Crippen MR) is 204 cm³/mol. The Balaban J connectivity index is 1.53. The third-order valence-corrected chi connectivity index (χ3v) is 11.1. The van der Waals surface area contributed by atoms with Gasteiger partial charge in [-0.15, -0.1) is 10.2 Å². The van der Waals surface area contributed by atoms with E-state index >= 15 is 0 Å². The maximum absolute atomic E-state index is 12.4. The fourth-order valence-electron chi connectivity index (χ4n) is 4.74. The minimum Gasteiger partial charge on any atom is -0.507 e. The number of fused-ring (bicyclic) bond motifs is 1. The van der Waals surface area contributed by atoms with Crippen molar-refractivity contribution < 1.29 is 61.8 Å². The molecule has 0 unspecified atom stereocenters. The van der Waals surface area contributed by atoms with Gasteiger partial charge in [0.05, 0.1) is 31.8 Å². The molecular formula is C28H21BrClN9O14S4. The molecule has 0 saturated heterocycles. The number of aromatic hydroxyl groups is 1. The van der Waals surface area contributed by atoms with Crippen LogP contribution in [-0.2, 0) is 45.3 Å². The van der Waals surface area contributed by atoms with Crippen molar-refractivity contribution in [2.75, 3.05) is 21.7 Å². The standard InChI is InChI=1S/C28H21BrClN9O14S4/c1-11(29)25(41)33-17-9-22(57(51,52)53)18(10-21(17)56(48,49)50)34-28-36-26(30)35-27(37-28)32-13-3-5-16(20(7-13)55(45,46)47)38-39-24-15(31)4-2-12-6-14(54(42,43)44)8-19(40)23(12)24/h2-10,40H,1,31H2,(H,33,41)(H,42,43,44)(H,45,46,47)(H,48,49,50)(H,51,52,53)(H2,32,34,35,36,37)/b39-38+. The molecule has 1 aromatic heterocycles. The number of aromatic nitrogens is 3. The Morgan fingerprint density at radius 2 is 1.32 bits per heavy atom. The number of hydrogen-bond donors (Lipinski definition) is 9. The van der Waals surface area contributed by atoms with Crippen LogP contribution in [0.1, 0.15) is 0 Å². The summed E-state index contributed by atoms with van der Waals surface area (Å²) in [5, 5.41) is 24.5. The lowest BCUT2D eigenvalue weighted by Crippen LogP contribution is -2.16. The molecule has 0 aliphatic heterocycles. The molecule has 0 fully saturated rings. The summed E-state index contributed by atoms with van der Waals surface area (Å²) in [5.74, 6) is -2.85. The second kappa shape index (κ2) is 15.5. The number of anilines is 6. The number of phenolic OH excluding ortho intramolecular Hbond substituents is 1. The number of hydrogen-bond acceptors (Lipinski definition) is 18. The highest BCUT2D eigenvalue weighted by Gasteiger charge is 2.27. The number of carbonyl (C=O) groups is 1. The van der Waals surface area contributed by atoms with E-state index in [9.17, 15) is 61.8 Å². The summed E-state index contributed by atoms with van der Waals surface area (Å²) in [5.41, 5.74) is 3.42. The molecule has 57 heavy (non-hydrogen) atoms. The van der Waals surface area contributed by atoms with Crippen molar-refractivity contribution in [3.63, 3.8) is 0 Å². The van der Waals surface area contributed by atoms with Gasteiger partial charge in [0.15, 0.2) is 0 Å². The largest absolute Gasteiger partial charge is 0.507 e. The number of azo groups is 1. The van der Waals surface area contributed by atoms with Crippen molar-refractivity contribution in [1.82, 2.24) is 15.0 Å². The van der Waals surface area contributed by atoms with Gasteiger partial charge in [-0.25, -0.2) is 0 Å². The number of nitrogens with two attached hydrogens (primary N) is 1. The van der Waals surface area contributed by atoms with E-state index in [4.69, 9.17) is 17.3 Å². The topological polar surface area (TPSA) is 380 Å². The Morgan fingerprint density at radius 3 is 1.89 bits per heavy atom. The highest BCUT2D eigenvalue weighted by molar-refractivity contribution is 9.12. The zero-order valence-electron chi connectivity index (χ0n) is 27.5. The Bertz CT molecular complexity index is 3040. The fraction of sp³-hybridized carbons (Fsp3) is 0. The van der Waals surface area contributed by atoms with Crippen LogP contribution in [0.4, 0.5) is 46.0 Å². The molecule has 5 aromatic rings. The number of rotatable bonds is 12. The molecular weight excluding hydrogens is 930 g/mol. The van der Waals surface area contributed by atoms with Crippen molar-refractivity contribution in [2.24, 2.45) is 10.2 Å². The van der Waals surface area contributed by atoms with Crippen molar-refractivity contribution >= 4 is 131 Å². The van der Waals surface area contributed by atoms with Crippen molar-refractivity contribution in [1.29, 1.82) is 0 Å². The molecule has 0 spiro atoms. The third kappa shape index (κ3) is 9.94. The predicted octanol–water partition coefficient (Wildman–Crippen LogP) is 4.70. The molecule has 0 radical (unpaired) electrons. The van der Waals surface area contributed by atoms with Crippen LogP contribution < -0.4 is 21.7 Å². The molecule has 0 atom stereocenters. The number of nitrogen functional groups attached to an aromatic ring is 1. The summed E-state index contributed by atoms with van der Waals surface area (Å²) < 4.78 is 136. The normalized spacial score (nSPS) is 12.5. The van der Waals surface area contributed by atoms with Crippen LogP contribution in [0.2, 0.25) is 5.28 Å². The highest BCUT2D eigenvalue weighted by Crippen LogP contribution is 2.41. The Labute approximate surface area is 333 Å². The van der Waals surface area contributed by atoms with Gasteiger partial charge in [-0.3, -0.25) is 23.0 Å². The molecule has 23 nitrogen and oxygen atoms in total. The summed E-state index contributed by atoms with van der Waals surface area (Å²) >= 11 is 8.77. The van der Waals surface area contributed by atoms with Gasteiger partial charge >= 0.3 is 0 Å². The highest BCUT2D eigenvalue weighted by atomic mass is 79.9. The smallest absolute Gasteiger partial charge is 0.296 e. The lowest BCUT2D eigenvalue weighted by Gasteiger charge is -2.15. The van der Waals surface area contributed by atoms with Gasteiger partial charge in [0.25, 0.3) is 46.4 Å². The molecule has 4 aromatic carbocycles. The molecule has 5 rings (SSSR count). The van der Waals surface area contributed by atoms with E-state index in [1.165, 1.54) is 18.2 Å². The van der Waals surface area contributed by atoms with Gasteiger partial charge in [0.2, 0.25) is 17.2 Å². The van der Waals surface area contributed by atoms with Crippen molar-refractivity contribution in [2.45, 2.75) is 19.6 Å². The van der Waals surface area contributed by atoms with Crippen LogP contribution >= 0.6 is 27.5 Å². The van der Waals surface area contributed by atoms with E-state index in [-0.39, 0.29) is 32.3 Å². The first-order valence-electron chi connectivity index (χ1n) is 14.5. The minimum atomic E-state index is -5.22. The zero-order valence-corrected chi connectivity index (χ0v) is 33.1. The first-order chi connectivity index (χ1) is 26.2.